The fraction of sp³-hybridized carbons (Fsp3) is 0.133. The lowest BCUT2D eigenvalue weighted by Crippen LogP contribution is -2.14. The number of pyridine rings is 1. The van der Waals surface area contributed by atoms with E-state index in [0.717, 1.165) is 5.39 Å². The number of carbonyl (C=O) groups excluding carboxylic acids is 1. The van der Waals surface area contributed by atoms with E-state index in [1.807, 2.05) is 18.2 Å². The van der Waals surface area contributed by atoms with Crippen LogP contribution in [0.1, 0.15) is 6.92 Å². The van der Waals surface area contributed by atoms with Crippen molar-refractivity contribution in [3.8, 4) is 5.75 Å². The maximum atomic E-state index is 11.8. The van der Waals surface area contributed by atoms with E-state index in [9.17, 15) is 9.59 Å². The molecule has 1 aromatic carbocycles. The Morgan fingerprint density at radius 1 is 1.24 bits per heavy atom. The fourth-order valence-electron chi connectivity index (χ4n) is 2.09. The number of benzene rings is 1. The van der Waals surface area contributed by atoms with Crippen molar-refractivity contribution in [1.82, 2.24) is 4.98 Å². The van der Waals surface area contributed by atoms with Crippen molar-refractivity contribution < 1.29 is 13.9 Å². The second kappa shape index (κ2) is 4.90. The van der Waals surface area contributed by atoms with Crippen LogP contribution < -0.4 is 15.7 Å². The first kappa shape index (κ1) is 13.1. The van der Waals surface area contributed by atoms with Crippen LogP contribution in [0.4, 0.5) is 5.69 Å². The molecule has 0 spiro atoms. The Hall–Kier alpha value is -2.89. The van der Waals surface area contributed by atoms with Crippen molar-refractivity contribution in [3.05, 3.63) is 40.8 Å². The van der Waals surface area contributed by atoms with Crippen molar-refractivity contribution in [3.63, 3.8) is 0 Å². The van der Waals surface area contributed by atoms with Gasteiger partial charge in [0.1, 0.15) is 11.4 Å². The molecule has 3 aromatic rings. The zero-order chi connectivity index (χ0) is 15.0. The molecule has 1 amide bonds. The third kappa shape index (κ3) is 2.43. The molecule has 3 rings (SSSR count). The van der Waals surface area contributed by atoms with Crippen molar-refractivity contribution in [2.45, 2.75) is 6.92 Å². The molecule has 0 saturated heterocycles. The van der Waals surface area contributed by atoms with Gasteiger partial charge in [-0.15, -0.1) is 0 Å². The van der Waals surface area contributed by atoms with E-state index in [1.54, 1.807) is 19.2 Å². The van der Waals surface area contributed by atoms with Crippen molar-refractivity contribution >= 4 is 33.6 Å². The van der Waals surface area contributed by atoms with E-state index in [2.05, 4.69) is 10.3 Å². The summed E-state index contributed by atoms with van der Waals surface area (Å²) >= 11 is 0. The average molecular weight is 284 g/mol. The van der Waals surface area contributed by atoms with Crippen LogP contribution >= 0.6 is 0 Å². The van der Waals surface area contributed by atoms with E-state index < -0.39 is 5.63 Å². The van der Waals surface area contributed by atoms with Gasteiger partial charge in [0.25, 0.3) is 0 Å². The maximum absolute atomic E-state index is 11.8. The van der Waals surface area contributed by atoms with Gasteiger partial charge in [0.15, 0.2) is 0 Å². The van der Waals surface area contributed by atoms with Crippen LogP contribution in [-0.4, -0.2) is 18.0 Å². The molecule has 0 aliphatic carbocycles. The molecule has 0 atom stereocenters. The van der Waals surface area contributed by atoms with E-state index in [0.29, 0.717) is 16.7 Å². The Morgan fingerprint density at radius 2 is 2.05 bits per heavy atom. The number of ether oxygens (including phenoxy) is 1. The van der Waals surface area contributed by atoms with Gasteiger partial charge in [-0.1, -0.05) is 0 Å². The van der Waals surface area contributed by atoms with Gasteiger partial charge in [-0.25, -0.2) is 9.78 Å². The Kier molecular flexibility index (Phi) is 3.06. The van der Waals surface area contributed by atoms with Gasteiger partial charge in [-0.3, -0.25) is 4.79 Å². The summed E-state index contributed by atoms with van der Waals surface area (Å²) in [5.41, 5.74) is 0.351. The number of methoxy groups -OCH3 is 1. The molecule has 0 radical (unpaired) electrons. The van der Waals surface area contributed by atoms with E-state index in [4.69, 9.17) is 9.15 Å². The van der Waals surface area contributed by atoms with Gasteiger partial charge in [0.2, 0.25) is 11.6 Å². The summed E-state index contributed by atoms with van der Waals surface area (Å²) in [5, 5.41) is 3.95. The quantitative estimate of drug-likeness (QED) is 0.730. The van der Waals surface area contributed by atoms with Gasteiger partial charge in [0, 0.05) is 23.8 Å². The number of hydrogen-bond donors (Lipinski definition) is 1. The van der Waals surface area contributed by atoms with Crippen LogP contribution in [0.25, 0.3) is 22.0 Å². The number of fused-ring (bicyclic) bond motifs is 2. The number of aromatic nitrogens is 1. The minimum atomic E-state index is -0.632. The maximum Gasteiger partial charge on any atom is 0.361 e. The topological polar surface area (TPSA) is 81.4 Å². The summed E-state index contributed by atoms with van der Waals surface area (Å²) in [6.45, 7) is 1.33. The van der Waals surface area contributed by atoms with Crippen molar-refractivity contribution in [1.29, 1.82) is 0 Å². The number of nitrogens with zero attached hydrogens (tertiary/aromatic N) is 1. The van der Waals surface area contributed by atoms with Crippen LogP contribution in [0.2, 0.25) is 0 Å². The molecule has 0 aliphatic heterocycles. The van der Waals surface area contributed by atoms with E-state index in [-0.39, 0.29) is 17.3 Å². The second-order valence-corrected chi connectivity index (χ2v) is 4.57. The highest BCUT2D eigenvalue weighted by Gasteiger charge is 2.09. The molecule has 0 fully saturated rings. The normalized spacial score (nSPS) is 10.8. The molecular weight excluding hydrogens is 272 g/mol. The van der Waals surface area contributed by atoms with Gasteiger partial charge in [-0.05, 0) is 24.3 Å². The SMILES string of the molecule is COc1ccc2cc3cc(NC(C)=O)c(=O)oc3nc2c1. The number of rotatable bonds is 2. The number of nitrogens with one attached hydrogen (secondary N) is 1. The Labute approximate surface area is 119 Å². The first-order chi connectivity index (χ1) is 10.1. The van der Waals surface area contributed by atoms with Gasteiger partial charge < -0.3 is 14.5 Å². The van der Waals surface area contributed by atoms with E-state index >= 15 is 0 Å². The van der Waals surface area contributed by atoms with Crippen LogP contribution in [0.5, 0.6) is 5.75 Å². The number of amides is 1. The molecule has 2 aromatic heterocycles. The second-order valence-electron chi connectivity index (χ2n) is 4.57. The average Bonchev–Trinajstić information content (AvgIpc) is 2.45. The Morgan fingerprint density at radius 3 is 2.76 bits per heavy atom. The Balaban J connectivity index is 2.24. The minimum absolute atomic E-state index is 0.102. The standard InChI is InChI=1S/C15H12N2O4/c1-8(18)16-13-6-10-5-9-3-4-11(20-2)7-12(9)17-14(10)21-15(13)19/h3-7H,1-2H3,(H,16,18). The third-order valence-electron chi connectivity index (χ3n) is 3.04. The highest BCUT2D eigenvalue weighted by Crippen LogP contribution is 2.24. The Bertz CT molecular complexity index is 915. The molecule has 106 valence electrons. The lowest BCUT2D eigenvalue weighted by Gasteiger charge is -2.05. The van der Waals surface area contributed by atoms with Gasteiger partial charge in [-0.2, -0.15) is 0 Å². The monoisotopic (exact) mass is 284 g/mol. The number of hydrogen-bond acceptors (Lipinski definition) is 5. The largest absolute Gasteiger partial charge is 0.497 e. The summed E-state index contributed by atoms with van der Waals surface area (Å²) in [6.07, 6.45) is 0. The first-order valence-electron chi connectivity index (χ1n) is 6.27. The number of carbonyl (C=O) groups is 1. The highest BCUT2D eigenvalue weighted by atomic mass is 16.5. The van der Waals surface area contributed by atoms with Crippen LogP contribution in [0, 0.1) is 0 Å². The van der Waals surface area contributed by atoms with Gasteiger partial charge >= 0.3 is 5.63 Å². The van der Waals surface area contributed by atoms with Crippen molar-refractivity contribution in [2.75, 3.05) is 12.4 Å². The molecule has 6 heteroatoms. The molecule has 0 aliphatic rings. The predicted octanol–water partition coefficient (Wildman–Crippen LogP) is 2.31. The molecule has 1 N–H and O–H groups in total. The fourth-order valence-corrected chi connectivity index (χ4v) is 2.09. The van der Waals surface area contributed by atoms with Crippen LogP contribution in [0.15, 0.2) is 39.5 Å². The van der Waals surface area contributed by atoms with E-state index in [1.165, 1.54) is 6.92 Å². The molecule has 0 unspecified atom stereocenters. The smallest absolute Gasteiger partial charge is 0.361 e. The molecule has 0 saturated carbocycles. The molecule has 21 heavy (non-hydrogen) atoms. The summed E-state index contributed by atoms with van der Waals surface area (Å²) in [6, 6.07) is 8.84. The lowest BCUT2D eigenvalue weighted by atomic mass is 10.1. The predicted molar refractivity (Wildman–Crippen MR) is 78.6 cm³/mol. The zero-order valence-electron chi connectivity index (χ0n) is 11.5. The lowest BCUT2D eigenvalue weighted by molar-refractivity contribution is -0.114. The van der Waals surface area contributed by atoms with Crippen LogP contribution in [-0.2, 0) is 4.79 Å². The van der Waals surface area contributed by atoms with Crippen LogP contribution in [0.3, 0.4) is 0 Å². The summed E-state index contributed by atoms with van der Waals surface area (Å²) in [5.74, 6) is 0.340. The summed E-state index contributed by atoms with van der Waals surface area (Å²) in [7, 11) is 1.57. The molecule has 0 bridgehead atoms. The highest BCUT2D eigenvalue weighted by molar-refractivity contribution is 5.94. The molecular formula is C15H12N2O4. The zero-order valence-corrected chi connectivity index (χ0v) is 11.5. The summed E-state index contributed by atoms with van der Waals surface area (Å²) < 4.78 is 10.3. The number of anilines is 1. The third-order valence-corrected chi connectivity index (χ3v) is 3.04. The minimum Gasteiger partial charge on any atom is -0.497 e. The summed E-state index contributed by atoms with van der Waals surface area (Å²) in [4.78, 5) is 27.2. The first-order valence-corrected chi connectivity index (χ1v) is 6.27. The molecule has 6 nitrogen and oxygen atoms in total. The van der Waals surface area contributed by atoms with Crippen molar-refractivity contribution in [2.24, 2.45) is 0 Å². The van der Waals surface area contributed by atoms with Gasteiger partial charge in [0.05, 0.1) is 12.6 Å². The molecule has 2 heterocycles.